The SMILES string of the molecule is CCc1sc(C(=O)OCC(=O)Nc2ccc(S(N)(=O)=O)cc2)cc1C. The Bertz CT molecular complexity index is 886. The average molecular weight is 382 g/mol. The molecule has 9 heteroatoms. The van der Waals surface area contributed by atoms with Crippen molar-refractivity contribution < 1.29 is 22.7 Å². The van der Waals surface area contributed by atoms with Gasteiger partial charge in [0, 0.05) is 10.6 Å². The lowest BCUT2D eigenvalue weighted by Gasteiger charge is -2.06. The van der Waals surface area contributed by atoms with Crippen molar-refractivity contribution in [3.8, 4) is 0 Å². The number of nitrogens with two attached hydrogens (primary N) is 1. The number of hydrogen-bond acceptors (Lipinski definition) is 6. The zero-order valence-corrected chi connectivity index (χ0v) is 15.4. The van der Waals surface area contributed by atoms with E-state index < -0.39 is 28.5 Å². The number of carbonyl (C=O) groups is 2. The summed E-state index contributed by atoms with van der Waals surface area (Å²) >= 11 is 1.35. The van der Waals surface area contributed by atoms with Crippen LogP contribution in [-0.4, -0.2) is 26.9 Å². The van der Waals surface area contributed by atoms with Crippen LogP contribution in [0.25, 0.3) is 0 Å². The number of amides is 1. The maximum absolute atomic E-state index is 12.0. The van der Waals surface area contributed by atoms with Gasteiger partial charge in [-0.05, 0) is 49.2 Å². The van der Waals surface area contributed by atoms with Gasteiger partial charge in [0.05, 0.1) is 4.90 Å². The molecule has 0 spiro atoms. The summed E-state index contributed by atoms with van der Waals surface area (Å²) in [6, 6.07) is 7.09. The largest absolute Gasteiger partial charge is 0.451 e. The van der Waals surface area contributed by atoms with Crippen molar-refractivity contribution in [2.75, 3.05) is 11.9 Å². The summed E-state index contributed by atoms with van der Waals surface area (Å²) in [7, 11) is -3.78. The predicted molar refractivity (Wildman–Crippen MR) is 95.2 cm³/mol. The van der Waals surface area contributed by atoms with Gasteiger partial charge in [0.1, 0.15) is 4.88 Å². The highest BCUT2D eigenvalue weighted by atomic mass is 32.2. The molecule has 134 valence electrons. The fourth-order valence-electron chi connectivity index (χ4n) is 2.10. The van der Waals surface area contributed by atoms with Crippen LogP contribution in [0.15, 0.2) is 35.2 Å². The van der Waals surface area contributed by atoms with Crippen LogP contribution < -0.4 is 10.5 Å². The fraction of sp³-hybridized carbons (Fsp3) is 0.250. The minimum Gasteiger partial charge on any atom is -0.451 e. The predicted octanol–water partition coefficient (Wildman–Crippen LogP) is 2.06. The van der Waals surface area contributed by atoms with Crippen LogP contribution in [0.1, 0.15) is 27.0 Å². The van der Waals surface area contributed by atoms with Crippen molar-refractivity contribution in [3.05, 3.63) is 45.6 Å². The molecule has 0 saturated heterocycles. The van der Waals surface area contributed by atoms with Crippen LogP contribution in [0.3, 0.4) is 0 Å². The number of esters is 1. The molecule has 2 rings (SSSR count). The minimum atomic E-state index is -3.78. The quantitative estimate of drug-likeness (QED) is 0.742. The molecule has 0 saturated carbocycles. The first-order chi connectivity index (χ1) is 11.7. The first-order valence-electron chi connectivity index (χ1n) is 7.40. The fourth-order valence-corrected chi connectivity index (χ4v) is 3.62. The third-order valence-corrected chi connectivity index (χ3v) is 5.63. The summed E-state index contributed by atoms with van der Waals surface area (Å²) < 4.78 is 27.3. The van der Waals surface area contributed by atoms with Gasteiger partial charge in [-0.1, -0.05) is 6.92 Å². The molecule has 0 radical (unpaired) electrons. The molecule has 1 aromatic carbocycles. The summed E-state index contributed by atoms with van der Waals surface area (Å²) in [5.41, 5.74) is 1.40. The van der Waals surface area contributed by atoms with Crippen molar-refractivity contribution in [1.29, 1.82) is 0 Å². The molecular formula is C16H18N2O5S2. The number of carbonyl (C=O) groups excluding carboxylic acids is 2. The summed E-state index contributed by atoms with van der Waals surface area (Å²) in [6.07, 6.45) is 0.832. The van der Waals surface area contributed by atoms with E-state index in [2.05, 4.69) is 5.32 Å². The van der Waals surface area contributed by atoms with Crippen LogP contribution in [0, 0.1) is 6.92 Å². The number of thiophene rings is 1. The number of rotatable bonds is 6. The summed E-state index contributed by atoms with van der Waals surface area (Å²) in [5.74, 6) is -1.08. The second kappa shape index (κ2) is 7.77. The van der Waals surface area contributed by atoms with Crippen molar-refractivity contribution >= 4 is 38.9 Å². The smallest absolute Gasteiger partial charge is 0.348 e. The summed E-state index contributed by atoms with van der Waals surface area (Å²) in [6.45, 7) is 3.49. The average Bonchev–Trinajstić information content (AvgIpc) is 2.93. The highest BCUT2D eigenvalue weighted by Gasteiger charge is 2.15. The van der Waals surface area contributed by atoms with E-state index in [1.54, 1.807) is 6.07 Å². The monoisotopic (exact) mass is 382 g/mol. The van der Waals surface area contributed by atoms with Gasteiger partial charge in [0.2, 0.25) is 10.0 Å². The number of sulfonamides is 1. The van der Waals surface area contributed by atoms with Gasteiger partial charge >= 0.3 is 5.97 Å². The van der Waals surface area contributed by atoms with E-state index in [-0.39, 0.29) is 4.90 Å². The highest BCUT2D eigenvalue weighted by Crippen LogP contribution is 2.23. The lowest BCUT2D eigenvalue weighted by Crippen LogP contribution is -2.20. The molecular weight excluding hydrogens is 364 g/mol. The van der Waals surface area contributed by atoms with Crippen LogP contribution >= 0.6 is 11.3 Å². The van der Waals surface area contributed by atoms with Gasteiger partial charge < -0.3 is 10.1 Å². The van der Waals surface area contributed by atoms with E-state index in [4.69, 9.17) is 9.88 Å². The second-order valence-corrected chi connectivity index (χ2v) is 7.96. The Kier molecular flexibility index (Phi) is 5.93. The molecule has 1 amide bonds. The Morgan fingerprint density at radius 1 is 1.24 bits per heavy atom. The summed E-state index contributed by atoms with van der Waals surface area (Å²) in [4.78, 5) is 25.3. The molecule has 0 unspecified atom stereocenters. The van der Waals surface area contributed by atoms with Crippen molar-refractivity contribution in [2.45, 2.75) is 25.2 Å². The zero-order valence-electron chi connectivity index (χ0n) is 13.7. The molecule has 0 bridgehead atoms. The lowest BCUT2D eigenvalue weighted by molar-refractivity contribution is -0.119. The molecule has 25 heavy (non-hydrogen) atoms. The molecule has 0 atom stereocenters. The molecule has 0 aliphatic heterocycles. The van der Waals surface area contributed by atoms with Gasteiger partial charge in [-0.25, -0.2) is 18.4 Å². The number of primary sulfonamides is 1. The zero-order chi connectivity index (χ0) is 18.6. The maximum Gasteiger partial charge on any atom is 0.348 e. The van der Waals surface area contributed by atoms with Gasteiger partial charge in [-0.15, -0.1) is 11.3 Å². The Morgan fingerprint density at radius 2 is 1.88 bits per heavy atom. The number of ether oxygens (including phenoxy) is 1. The number of anilines is 1. The number of aryl methyl sites for hydroxylation is 2. The number of hydrogen-bond donors (Lipinski definition) is 2. The maximum atomic E-state index is 12.0. The van der Waals surface area contributed by atoms with E-state index in [0.717, 1.165) is 16.9 Å². The summed E-state index contributed by atoms with van der Waals surface area (Å²) in [5, 5.41) is 7.50. The topological polar surface area (TPSA) is 116 Å². The van der Waals surface area contributed by atoms with E-state index in [1.807, 2.05) is 13.8 Å². The van der Waals surface area contributed by atoms with E-state index in [1.165, 1.54) is 35.6 Å². The van der Waals surface area contributed by atoms with Crippen molar-refractivity contribution in [2.24, 2.45) is 5.14 Å². The van der Waals surface area contributed by atoms with Crippen LogP contribution in [0.5, 0.6) is 0 Å². The van der Waals surface area contributed by atoms with E-state index >= 15 is 0 Å². The van der Waals surface area contributed by atoms with E-state index in [0.29, 0.717) is 10.6 Å². The normalized spacial score (nSPS) is 11.2. The van der Waals surface area contributed by atoms with Crippen molar-refractivity contribution in [1.82, 2.24) is 0 Å². The molecule has 0 aliphatic carbocycles. The molecule has 7 nitrogen and oxygen atoms in total. The van der Waals surface area contributed by atoms with Crippen LogP contribution in [0.4, 0.5) is 5.69 Å². The first-order valence-corrected chi connectivity index (χ1v) is 9.76. The molecule has 0 aliphatic rings. The van der Waals surface area contributed by atoms with Gasteiger partial charge in [-0.3, -0.25) is 4.79 Å². The third kappa shape index (κ3) is 5.12. The van der Waals surface area contributed by atoms with E-state index in [9.17, 15) is 18.0 Å². The Hall–Kier alpha value is -2.23. The van der Waals surface area contributed by atoms with Crippen molar-refractivity contribution in [3.63, 3.8) is 0 Å². The van der Waals surface area contributed by atoms with Gasteiger partial charge in [-0.2, -0.15) is 0 Å². The first kappa shape index (κ1) is 19.1. The van der Waals surface area contributed by atoms with Gasteiger partial charge in [0.15, 0.2) is 6.61 Å². The number of benzene rings is 1. The Balaban J connectivity index is 1.90. The second-order valence-electron chi connectivity index (χ2n) is 5.26. The lowest BCUT2D eigenvalue weighted by atomic mass is 10.2. The number of nitrogens with one attached hydrogen (secondary N) is 1. The Labute approximate surface area is 149 Å². The van der Waals surface area contributed by atoms with Crippen LogP contribution in [0.2, 0.25) is 0 Å². The molecule has 1 heterocycles. The third-order valence-electron chi connectivity index (χ3n) is 3.34. The van der Waals surface area contributed by atoms with Crippen LogP contribution in [-0.2, 0) is 26.0 Å². The Morgan fingerprint density at radius 3 is 2.40 bits per heavy atom. The van der Waals surface area contributed by atoms with Gasteiger partial charge in [0.25, 0.3) is 5.91 Å². The highest BCUT2D eigenvalue weighted by molar-refractivity contribution is 7.89. The molecule has 1 aromatic heterocycles. The standard InChI is InChI=1S/C16H18N2O5S2/c1-3-13-10(2)8-14(24-13)16(20)23-9-15(19)18-11-4-6-12(7-5-11)25(17,21)22/h4-8H,3,9H2,1-2H3,(H,18,19)(H2,17,21,22). The molecule has 3 N–H and O–H groups in total. The minimum absolute atomic E-state index is 0.0586. The molecule has 0 fully saturated rings. The molecule has 2 aromatic rings.